The summed E-state index contributed by atoms with van der Waals surface area (Å²) in [6, 6.07) is 5.05. The van der Waals surface area contributed by atoms with Crippen molar-refractivity contribution in [1.29, 1.82) is 0 Å². The molecule has 0 fully saturated rings. The van der Waals surface area contributed by atoms with E-state index in [1.807, 2.05) is 11.6 Å². The van der Waals surface area contributed by atoms with E-state index in [1.54, 1.807) is 32.5 Å². The number of aromatic nitrogens is 1. The van der Waals surface area contributed by atoms with Gasteiger partial charge in [-0.05, 0) is 12.1 Å². The zero-order valence-electron chi connectivity index (χ0n) is 9.48. The van der Waals surface area contributed by atoms with E-state index in [0.717, 1.165) is 5.52 Å². The molecule has 0 amide bonds. The van der Waals surface area contributed by atoms with Crippen molar-refractivity contribution in [2.75, 3.05) is 14.2 Å². The molecule has 0 unspecified atom stereocenters. The molecule has 0 saturated carbocycles. The van der Waals surface area contributed by atoms with Gasteiger partial charge in [0.25, 0.3) is 0 Å². The lowest BCUT2D eigenvalue weighted by Crippen LogP contribution is -2.07. The average Bonchev–Trinajstić information content (AvgIpc) is 2.32. The molecular formula is C12H13NO3. The highest BCUT2D eigenvalue weighted by Gasteiger charge is 2.11. The van der Waals surface area contributed by atoms with E-state index in [-0.39, 0.29) is 5.43 Å². The smallest absolute Gasteiger partial charge is 0.193 e. The second-order valence-electron chi connectivity index (χ2n) is 3.48. The summed E-state index contributed by atoms with van der Waals surface area (Å²) in [6.07, 6.45) is 1.71. The molecule has 0 bridgehead atoms. The molecule has 0 aliphatic heterocycles. The van der Waals surface area contributed by atoms with E-state index in [0.29, 0.717) is 16.9 Å². The molecule has 0 N–H and O–H groups in total. The van der Waals surface area contributed by atoms with Crippen LogP contribution in [0.25, 0.3) is 10.9 Å². The Balaban J connectivity index is 3.01. The van der Waals surface area contributed by atoms with Crippen LogP contribution in [0.2, 0.25) is 0 Å². The fourth-order valence-corrected chi connectivity index (χ4v) is 1.81. The number of ether oxygens (including phenoxy) is 2. The molecule has 2 aromatic rings. The first-order valence-corrected chi connectivity index (χ1v) is 4.89. The Bertz CT molecular complexity index is 587. The molecule has 0 atom stereocenters. The maximum Gasteiger partial charge on any atom is 0.193 e. The van der Waals surface area contributed by atoms with Gasteiger partial charge < -0.3 is 14.0 Å². The Labute approximate surface area is 93.0 Å². The van der Waals surface area contributed by atoms with Crippen LogP contribution in [0, 0.1) is 0 Å². The number of aryl methyl sites for hydroxylation is 1. The second kappa shape index (κ2) is 3.89. The molecular weight excluding hydrogens is 206 g/mol. The molecule has 0 spiro atoms. The summed E-state index contributed by atoms with van der Waals surface area (Å²) in [5.41, 5.74) is 0.679. The van der Waals surface area contributed by atoms with Crippen molar-refractivity contribution in [3.63, 3.8) is 0 Å². The van der Waals surface area contributed by atoms with Crippen LogP contribution >= 0.6 is 0 Å². The summed E-state index contributed by atoms with van der Waals surface area (Å²) < 4.78 is 12.3. The fourth-order valence-electron chi connectivity index (χ4n) is 1.81. The first-order chi connectivity index (χ1) is 7.69. The second-order valence-corrected chi connectivity index (χ2v) is 3.48. The van der Waals surface area contributed by atoms with Gasteiger partial charge >= 0.3 is 0 Å². The minimum Gasteiger partial charge on any atom is -0.496 e. The summed E-state index contributed by atoms with van der Waals surface area (Å²) in [5.74, 6) is 1.23. The highest BCUT2D eigenvalue weighted by Crippen LogP contribution is 2.29. The van der Waals surface area contributed by atoms with Gasteiger partial charge in [-0.1, -0.05) is 0 Å². The van der Waals surface area contributed by atoms with Crippen molar-refractivity contribution < 1.29 is 9.47 Å². The molecule has 0 aliphatic rings. The summed E-state index contributed by atoms with van der Waals surface area (Å²) in [7, 11) is 5.00. The van der Waals surface area contributed by atoms with E-state index in [2.05, 4.69) is 0 Å². The van der Waals surface area contributed by atoms with Crippen LogP contribution in [0.1, 0.15) is 0 Å². The summed E-state index contributed by atoms with van der Waals surface area (Å²) in [5, 5.41) is 0.548. The molecule has 4 heteroatoms. The Morgan fingerprint density at radius 3 is 2.31 bits per heavy atom. The van der Waals surface area contributed by atoms with Crippen molar-refractivity contribution in [2.45, 2.75) is 0 Å². The number of pyridine rings is 1. The van der Waals surface area contributed by atoms with Gasteiger partial charge in [0.15, 0.2) is 5.43 Å². The van der Waals surface area contributed by atoms with Crippen molar-refractivity contribution >= 4 is 10.9 Å². The Hall–Kier alpha value is -1.97. The van der Waals surface area contributed by atoms with Gasteiger partial charge in [0.1, 0.15) is 11.5 Å². The molecule has 0 aliphatic carbocycles. The number of rotatable bonds is 2. The van der Waals surface area contributed by atoms with Gasteiger partial charge in [0.05, 0.1) is 25.1 Å². The van der Waals surface area contributed by atoms with Crippen LogP contribution in [0.3, 0.4) is 0 Å². The molecule has 2 rings (SSSR count). The fraction of sp³-hybridized carbons (Fsp3) is 0.250. The quantitative estimate of drug-likeness (QED) is 0.769. The summed E-state index contributed by atoms with van der Waals surface area (Å²) in [4.78, 5) is 11.8. The predicted octanol–water partition coefficient (Wildman–Crippen LogP) is 1.56. The van der Waals surface area contributed by atoms with E-state index >= 15 is 0 Å². The van der Waals surface area contributed by atoms with E-state index in [4.69, 9.17) is 9.47 Å². The topological polar surface area (TPSA) is 40.5 Å². The van der Waals surface area contributed by atoms with Gasteiger partial charge in [-0.2, -0.15) is 0 Å². The number of nitrogens with zero attached hydrogens (tertiary/aromatic N) is 1. The number of hydrogen-bond acceptors (Lipinski definition) is 3. The van der Waals surface area contributed by atoms with Crippen molar-refractivity contribution in [1.82, 2.24) is 4.57 Å². The van der Waals surface area contributed by atoms with Gasteiger partial charge in [-0.25, -0.2) is 0 Å². The van der Waals surface area contributed by atoms with Crippen LogP contribution in [0.5, 0.6) is 11.5 Å². The zero-order valence-corrected chi connectivity index (χ0v) is 9.48. The third kappa shape index (κ3) is 1.43. The number of benzene rings is 1. The lowest BCUT2D eigenvalue weighted by Gasteiger charge is -2.12. The summed E-state index contributed by atoms with van der Waals surface area (Å²) >= 11 is 0. The van der Waals surface area contributed by atoms with Gasteiger partial charge in [-0.15, -0.1) is 0 Å². The SMILES string of the molecule is COc1ccc(OC)c2c1c(=O)ccn2C. The molecule has 1 heterocycles. The largest absolute Gasteiger partial charge is 0.496 e. The number of hydrogen-bond donors (Lipinski definition) is 0. The van der Waals surface area contributed by atoms with Crippen LogP contribution in [-0.2, 0) is 7.05 Å². The Kier molecular flexibility index (Phi) is 2.56. The number of fused-ring (bicyclic) bond motifs is 1. The maximum absolute atomic E-state index is 11.8. The van der Waals surface area contributed by atoms with E-state index in [1.165, 1.54) is 6.07 Å². The molecule has 16 heavy (non-hydrogen) atoms. The predicted molar refractivity (Wildman–Crippen MR) is 62.3 cm³/mol. The van der Waals surface area contributed by atoms with Crippen molar-refractivity contribution in [3.05, 3.63) is 34.6 Å². The molecule has 1 aromatic heterocycles. The molecule has 4 nitrogen and oxygen atoms in total. The zero-order chi connectivity index (χ0) is 11.7. The van der Waals surface area contributed by atoms with Crippen molar-refractivity contribution in [3.8, 4) is 11.5 Å². The first kappa shape index (κ1) is 10.5. The van der Waals surface area contributed by atoms with Gasteiger partial charge in [0, 0.05) is 19.3 Å². The lowest BCUT2D eigenvalue weighted by molar-refractivity contribution is 0.408. The van der Waals surface area contributed by atoms with Gasteiger partial charge in [0.2, 0.25) is 0 Å². The third-order valence-electron chi connectivity index (χ3n) is 2.59. The highest BCUT2D eigenvalue weighted by molar-refractivity contribution is 5.90. The highest BCUT2D eigenvalue weighted by atomic mass is 16.5. The Morgan fingerprint density at radius 1 is 1.06 bits per heavy atom. The Morgan fingerprint density at radius 2 is 1.69 bits per heavy atom. The van der Waals surface area contributed by atoms with Crippen LogP contribution in [-0.4, -0.2) is 18.8 Å². The minimum atomic E-state index is -0.0659. The summed E-state index contributed by atoms with van der Waals surface area (Å²) in [6.45, 7) is 0. The van der Waals surface area contributed by atoms with Crippen LogP contribution in [0.4, 0.5) is 0 Å². The average molecular weight is 219 g/mol. The monoisotopic (exact) mass is 219 g/mol. The van der Waals surface area contributed by atoms with Crippen LogP contribution in [0.15, 0.2) is 29.2 Å². The standard InChI is InChI=1S/C12H13NO3/c1-13-7-6-8(14)11-9(15-2)4-5-10(16-3)12(11)13/h4-7H,1-3H3. The minimum absolute atomic E-state index is 0.0659. The van der Waals surface area contributed by atoms with Crippen molar-refractivity contribution in [2.24, 2.45) is 7.05 Å². The van der Waals surface area contributed by atoms with E-state index in [9.17, 15) is 4.79 Å². The van der Waals surface area contributed by atoms with Crippen LogP contribution < -0.4 is 14.9 Å². The molecule has 84 valence electrons. The normalized spacial score (nSPS) is 10.4. The third-order valence-corrected chi connectivity index (χ3v) is 2.59. The van der Waals surface area contributed by atoms with Gasteiger partial charge in [-0.3, -0.25) is 4.79 Å². The molecule has 0 radical (unpaired) electrons. The lowest BCUT2D eigenvalue weighted by atomic mass is 10.1. The number of methoxy groups -OCH3 is 2. The van der Waals surface area contributed by atoms with E-state index < -0.39 is 0 Å². The molecule has 1 aromatic carbocycles. The maximum atomic E-state index is 11.8. The molecule has 0 saturated heterocycles. The first-order valence-electron chi connectivity index (χ1n) is 4.89.